The van der Waals surface area contributed by atoms with E-state index in [0.29, 0.717) is 45.1 Å². The fourth-order valence-corrected chi connectivity index (χ4v) is 7.11. The van der Waals surface area contributed by atoms with Crippen molar-refractivity contribution in [3.8, 4) is 22.4 Å². The van der Waals surface area contributed by atoms with Gasteiger partial charge < -0.3 is 23.7 Å². The van der Waals surface area contributed by atoms with Crippen molar-refractivity contribution in [1.29, 1.82) is 0 Å². The molecule has 6 rings (SSSR count). The summed E-state index contributed by atoms with van der Waals surface area (Å²) in [6, 6.07) is 19.6. The van der Waals surface area contributed by atoms with Crippen LogP contribution in [0.25, 0.3) is 22.4 Å². The van der Waals surface area contributed by atoms with Crippen LogP contribution in [0.2, 0.25) is 0 Å². The highest BCUT2D eigenvalue weighted by Gasteiger charge is 2.44. The van der Waals surface area contributed by atoms with Crippen LogP contribution >= 0.6 is 0 Å². The number of carbonyl (C=O) groups is 1. The van der Waals surface area contributed by atoms with Crippen molar-refractivity contribution in [3.05, 3.63) is 72.2 Å². The van der Waals surface area contributed by atoms with Gasteiger partial charge in [-0.2, -0.15) is 0 Å². The number of morpholine rings is 1. The molecule has 3 aliphatic rings. The van der Waals surface area contributed by atoms with Gasteiger partial charge in [0.05, 0.1) is 37.5 Å². The number of benzene rings is 2. The molecule has 1 saturated carbocycles. The van der Waals surface area contributed by atoms with E-state index in [0.717, 1.165) is 61.0 Å². The third-order valence-electron chi connectivity index (χ3n) is 9.27. The van der Waals surface area contributed by atoms with E-state index in [1.165, 1.54) is 12.1 Å². The zero-order chi connectivity index (χ0) is 29.8. The summed E-state index contributed by atoms with van der Waals surface area (Å²) in [4.78, 5) is 15.1. The second kappa shape index (κ2) is 13.3. The van der Waals surface area contributed by atoms with Crippen LogP contribution in [-0.4, -0.2) is 59.7 Å². The average molecular weight is 589 g/mol. The zero-order valence-corrected chi connectivity index (χ0v) is 25.6. The van der Waals surface area contributed by atoms with Crippen LogP contribution in [0.4, 0.5) is 4.39 Å². The molecule has 3 aromatic rings. The van der Waals surface area contributed by atoms with E-state index in [1.807, 2.05) is 23.1 Å². The van der Waals surface area contributed by atoms with Crippen LogP contribution in [0.1, 0.15) is 76.8 Å². The summed E-state index contributed by atoms with van der Waals surface area (Å²) in [6.45, 7) is 7.72. The molecule has 2 saturated heterocycles. The first-order valence-electron chi connectivity index (χ1n) is 16.2. The number of hydrogen-bond acceptors (Lipinski definition) is 4. The van der Waals surface area contributed by atoms with Crippen molar-refractivity contribution in [2.75, 3.05) is 26.3 Å². The van der Waals surface area contributed by atoms with Gasteiger partial charge in [-0.3, -0.25) is 4.79 Å². The third-order valence-corrected chi connectivity index (χ3v) is 9.27. The van der Waals surface area contributed by atoms with Crippen LogP contribution in [0.5, 0.6) is 0 Å². The van der Waals surface area contributed by atoms with E-state index >= 15 is 0 Å². The summed E-state index contributed by atoms with van der Waals surface area (Å²) in [5.41, 5.74) is 5.65. The Bertz CT molecular complexity index is 1360. The largest absolute Gasteiger partial charge is 0.378 e. The molecule has 0 bridgehead atoms. The molecule has 0 radical (unpaired) electrons. The van der Waals surface area contributed by atoms with Crippen LogP contribution in [0.15, 0.2) is 60.7 Å². The molecule has 3 fully saturated rings. The summed E-state index contributed by atoms with van der Waals surface area (Å²) >= 11 is 0. The number of amides is 1. The number of hydrogen-bond donors (Lipinski definition) is 0. The maximum atomic E-state index is 14.0. The molecule has 7 heteroatoms. The van der Waals surface area contributed by atoms with Crippen molar-refractivity contribution in [2.45, 2.75) is 95.7 Å². The molecule has 230 valence electrons. The molecule has 43 heavy (non-hydrogen) atoms. The minimum Gasteiger partial charge on any atom is -0.378 e. The fourth-order valence-electron chi connectivity index (χ4n) is 7.11. The summed E-state index contributed by atoms with van der Waals surface area (Å²) in [7, 11) is 0. The molecule has 0 N–H and O–H groups in total. The highest BCUT2D eigenvalue weighted by Crippen LogP contribution is 2.42. The highest BCUT2D eigenvalue weighted by molar-refractivity contribution is 5.83. The Kier molecular flexibility index (Phi) is 9.31. The van der Waals surface area contributed by atoms with Crippen molar-refractivity contribution in [1.82, 2.24) is 9.47 Å². The quantitative estimate of drug-likeness (QED) is 0.273. The number of nitrogens with zero attached hydrogens (tertiary/aromatic N) is 2. The summed E-state index contributed by atoms with van der Waals surface area (Å²) in [6.07, 6.45) is 6.86. The molecule has 2 aromatic carbocycles. The van der Waals surface area contributed by atoms with Crippen molar-refractivity contribution in [2.24, 2.45) is 0 Å². The normalized spacial score (nSPS) is 22.3. The van der Waals surface area contributed by atoms with Gasteiger partial charge in [-0.05, 0) is 66.6 Å². The Morgan fingerprint density at radius 3 is 2.33 bits per heavy atom. The summed E-state index contributed by atoms with van der Waals surface area (Å²) < 4.78 is 35.3. The predicted molar refractivity (Wildman–Crippen MR) is 166 cm³/mol. The SMILES string of the molecule is CC(C)c1cc(-c2ccccc2)c(-c2ccc(F)cc2)n1CCC1CC(CC(=O)N2CCOCC2)OC2(CCCCC2)O1. The molecule has 6 nitrogen and oxygen atoms in total. The van der Waals surface area contributed by atoms with Gasteiger partial charge in [0.1, 0.15) is 5.82 Å². The molecular formula is C36H45FN2O4. The molecule has 2 atom stereocenters. The number of aromatic nitrogens is 1. The van der Waals surface area contributed by atoms with Crippen LogP contribution < -0.4 is 0 Å². The van der Waals surface area contributed by atoms with Gasteiger partial charge in [0.15, 0.2) is 5.79 Å². The Hall–Kier alpha value is -3.00. The molecule has 1 aromatic heterocycles. The number of ether oxygens (including phenoxy) is 3. The minimum atomic E-state index is -0.594. The molecule has 2 aliphatic heterocycles. The van der Waals surface area contributed by atoms with Crippen molar-refractivity contribution >= 4 is 5.91 Å². The monoisotopic (exact) mass is 588 g/mol. The van der Waals surface area contributed by atoms with Gasteiger partial charge in [-0.1, -0.05) is 50.6 Å². The standard InChI is InChI=1S/C36H45FN2O4/c1-26(2)33-25-32(27-9-5-3-6-10-27)35(28-11-13-29(37)14-12-28)39(33)18-15-30-23-31(24-34(40)38-19-21-41-22-20-38)43-36(42-30)16-7-4-8-17-36/h3,5-6,9-14,25-26,30-31H,4,7-8,15-24H2,1-2H3. The molecule has 1 spiro atoms. The van der Waals surface area contributed by atoms with Gasteiger partial charge in [0.25, 0.3) is 0 Å². The van der Waals surface area contributed by atoms with Gasteiger partial charge >= 0.3 is 0 Å². The Morgan fingerprint density at radius 1 is 0.930 bits per heavy atom. The lowest BCUT2D eigenvalue weighted by Gasteiger charge is -2.47. The lowest BCUT2D eigenvalue weighted by molar-refractivity contribution is -0.329. The average Bonchev–Trinajstić information content (AvgIpc) is 3.41. The van der Waals surface area contributed by atoms with E-state index in [1.54, 1.807) is 12.1 Å². The van der Waals surface area contributed by atoms with Crippen LogP contribution in [-0.2, 0) is 25.5 Å². The zero-order valence-electron chi connectivity index (χ0n) is 25.6. The van der Waals surface area contributed by atoms with Gasteiger partial charge in [-0.25, -0.2) is 4.39 Å². The maximum absolute atomic E-state index is 14.0. The van der Waals surface area contributed by atoms with E-state index in [4.69, 9.17) is 14.2 Å². The molecule has 2 unspecified atom stereocenters. The Labute approximate surface area is 255 Å². The van der Waals surface area contributed by atoms with Crippen LogP contribution in [0.3, 0.4) is 0 Å². The van der Waals surface area contributed by atoms with Crippen LogP contribution in [0, 0.1) is 5.82 Å². The first-order chi connectivity index (χ1) is 20.9. The first-order valence-corrected chi connectivity index (χ1v) is 16.2. The fraction of sp³-hybridized carbons (Fsp3) is 0.528. The van der Waals surface area contributed by atoms with Crippen molar-refractivity contribution < 1.29 is 23.4 Å². The molecular weight excluding hydrogens is 543 g/mol. The van der Waals surface area contributed by atoms with E-state index in [9.17, 15) is 9.18 Å². The number of carbonyl (C=O) groups excluding carboxylic acids is 1. The smallest absolute Gasteiger partial charge is 0.225 e. The number of rotatable bonds is 8. The molecule has 3 heterocycles. The minimum absolute atomic E-state index is 0.0157. The van der Waals surface area contributed by atoms with E-state index in [2.05, 4.69) is 48.7 Å². The first kappa shape index (κ1) is 30.0. The van der Waals surface area contributed by atoms with Gasteiger partial charge in [0, 0.05) is 50.2 Å². The second-order valence-corrected chi connectivity index (χ2v) is 12.7. The topological polar surface area (TPSA) is 52.9 Å². The molecule has 1 amide bonds. The third kappa shape index (κ3) is 6.89. The number of halogens is 1. The predicted octanol–water partition coefficient (Wildman–Crippen LogP) is 7.56. The van der Waals surface area contributed by atoms with E-state index < -0.39 is 5.79 Å². The van der Waals surface area contributed by atoms with Gasteiger partial charge in [0.2, 0.25) is 5.91 Å². The van der Waals surface area contributed by atoms with E-state index in [-0.39, 0.29) is 23.9 Å². The summed E-state index contributed by atoms with van der Waals surface area (Å²) in [5, 5.41) is 0. The lowest BCUT2D eigenvalue weighted by atomic mass is 9.91. The Morgan fingerprint density at radius 2 is 1.63 bits per heavy atom. The van der Waals surface area contributed by atoms with Crippen molar-refractivity contribution in [3.63, 3.8) is 0 Å². The highest BCUT2D eigenvalue weighted by atomic mass is 19.1. The second-order valence-electron chi connectivity index (χ2n) is 12.7. The lowest BCUT2D eigenvalue weighted by Crippen LogP contribution is -2.51. The maximum Gasteiger partial charge on any atom is 0.225 e. The summed E-state index contributed by atoms with van der Waals surface area (Å²) in [5.74, 6) is -0.378. The Balaban J connectivity index is 1.28. The molecule has 1 aliphatic carbocycles. The van der Waals surface area contributed by atoms with Gasteiger partial charge in [-0.15, -0.1) is 0 Å².